The van der Waals surface area contributed by atoms with Crippen molar-refractivity contribution < 1.29 is 14.3 Å². The number of benzene rings is 2. The molecule has 0 radical (unpaired) electrons. The highest BCUT2D eigenvalue weighted by atomic mass is 32.1. The van der Waals surface area contributed by atoms with Gasteiger partial charge in [0.2, 0.25) is 0 Å². The third-order valence-electron chi connectivity index (χ3n) is 5.03. The first-order valence-electron chi connectivity index (χ1n) is 9.35. The third-order valence-corrected chi connectivity index (χ3v) is 6.20. The largest absolute Gasteiger partial charge is 0.486 e. The second kappa shape index (κ2) is 6.93. The highest BCUT2D eigenvalue weighted by Gasteiger charge is 2.19. The molecule has 0 bridgehead atoms. The maximum atomic E-state index is 12.9. The van der Waals surface area contributed by atoms with Gasteiger partial charge in [-0.2, -0.15) is 0 Å². The molecule has 0 saturated carbocycles. The number of carbonyl (C=O) groups is 1. The average Bonchev–Trinajstić information content (AvgIpc) is 3.20. The van der Waals surface area contributed by atoms with Crippen LogP contribution in [0.1, 0.15) is 28.2 Å². The molecular formula is C22H18N2O4S. The van der Waals surface area contributed by atoms with Gasteiger partial charge in [0.15, 0.2) is 11.5 Å². The summed E-state index contributed by atoms with van der Waals surface area (Å²) in [6.45, 7) is 2.97. The van der Waals surface area contributed by atoms with E-state index in [2.05, 4.69) is 10.3 Å². The van der Waals surface area contributed by atoms with Crippen molar-refractivity contribution in [2.75, 3.05) is 13.2 Å². The maximum Gasteiger partial charge on any atom is 0.261 e. The van der Waals surface area contributed by atoms with Crippen molar-refractivity contribution in [1.29, 1.82) is 0 Å². The molecule has 1 aliphatic heterocycles. The number of para-hydroxylation sites is 1. The SMILES string of the molecule is CC(NC(=O)c1cc2c(=O)[nH]c3ccccc3c2s1)c1ccc2c(c1)OCCO2. The first-order valence-corrected chi connectivity index (χ1v) is 10.2. The number of rotatable bonds is 3. The summed E-state index contributed by atoms with van der Waals surface area (Å²) >= 11 is 1.33. The van der Waals surface area contributed by atoms with Gasteiger partial charge >= 0.3 is 0 Å². The molecule has 0 fully saturated rings. The van der Waals surface area contributed by atoms with Crippen molar-refractivity contribution in [2.45, 2.75) is 13.0 Å². The van der Waals surface area contributed by atoms with Crippen LogP contribution < -0.4 is 20.3 Å². The van der Waals surface area contributed by atoms with Crippen LogP contribution in [0.5, 0.6) is 11.5 Å². The normalized spacial score (nSPS) is 14.1. The number of aromatic amines is 1. The molecule has 2 N–H and O–H groups in total. The molecular weight excluding hydrogens is 388 g/mol. The molecule has 0 aliphatic carbocycles. The van der Waals surface area contributed by atoms with E-state index in [1.54, 1.807) is 6.07 Å². The zero-order valence-corrected chi connectivity index (χ0v) is 16.5. The fourth-order valence-corrected chi connectivity index (χ4v) is 4.63. The van der Waals surface area contributed by atoms with Gasteiger partial charge in [0, 0.05) is 15.6 Å². The molecule has 0 saturated heterocycles. The van der Waals surface area contributed by atoms with Crippen LogP contribution in [-0.2, 0) is 0 Å². The van der Waals surface area contributed by atoms with Crippen LogP contribution in [0.15, 0.2) is 53.3 Å². The number of amides is 1. The first kappa shape index (κ1) is 17.8. The number of fused-ring (bicyclic) bond motifs is 4. The van der Waals surface area contributed by atoms with E-state index in [1.165, 1.54) is 11.3 Å². The van der Waals surface area contributed by atoms with E-state index in [-0.39, 0.29) is 17.5 Å². The molecule has 0 spiro atoms. The lowest BCUT2D eigenvalue weighted by molar-refractivity contribution is 0.0944. The second-order valence-electron chi connectivity index (χ2n) is 6.95. The average molecular weight is 406 g/mol. The van der Waals surface area contributed by atoms with Crippen molar-refractivity contribution in [3.05, 3.63) is 69.3 Å². The first-order chi connectivity index (χ1) is 14.1. The number of pyridine rings is 1. The Morgan fingerprint density at radius 3 is 2.72 bits per heavy atom. The van der Waals surface area contributed by atoms with Crippen LogP contribution in [0, 0.1) is 0 Å². The van der Waals surface area contributed by atoms with E-state index in [0.717, 1.165) is 21.2 Å². The van der Waals surface area contributed by atoms with Gasteiger partial charge in [0.1, 0.15) is 13.2 Å². The number of nitrogens with one attached hydrogen (secondary N) is 2. The molecule has 1 atom stereocenters. The monoisotopic (exact) mass is 406 g/mol. The molecule has 1 unspecified atom stereocenters. The number of thiophene rings is 1. The summed E-state index contributed by atoms with van der Waals surface area (Å²) in [7, 11) is 0. The Morgan fingerprint density at radius 2 is 1.86 bits per heavy atom. The van der Waals surface area contributed by atoms with E-state index in [9.17, 15) is 9.59 Å². The minimum absolute atomic E-state index is 0.186. The molecule has 4 aromatic rings. The number of aromatic nitrogens is 1. The van der Waals surface area contributed by atoms with Crippen LogP contribution in [-0.4, -0.2) is 24.1 Å². The van der Waals surface area contributed by atoms with Gasteiger partial charge in [-0.15, -0.1) is 11.3 Å². The molecule has 7 heteroatoms. The third kappa shape index (κ3) is 3.13. The molecule has 146 valence electrons. The second-order valence-corrected chi connectivity index (χ2v) is 8.00. The molecule has 6 nitrogen and oxygen atoms in total. The standard InChI is InChI=1S/C22H18N2O4S/c1-12(13-6-7-17-18(10-13)28-9-8-27-17)23-22(26)19-11-15-20(29-19)14-4-2-3-5-16(14)24-21(15)25/h2-7,10-12H,8-9H2,1H3,(H,23,26)(H,24,25). The maximum absolute atomic E-state index is 12.9. The van der Waals surface area contributed by atoms with Crippen LogP contribution in [0.4, 0.5) is 0 Å². The van der Waals surface area contributed by atoms with Crippen molar-refractivity contribution in [3.8, 4) is 11.5 Å². The number of hydrogen-bond acceptors (Lipinski definition) is 5. The quantitative estimate of drug-likeness (QED) is 0.539. The topological polar surface area (TPSA) is 80.4 Å². The van der Waals surface area contributed by atoms with Gasteiger partial charge in [0.25, 0.3) is 11.5 Å². The minimum atomic E-state index is -0.224. The Morgan fingerprint density at radius 1 is 1.07 bits per heavy atom. The highest BCUT2D eigenvalue weighted by molar-refractivity contribution is 7.21. The number of hydrogen-bond donors (Lipinski definition) is 2. The fourth-order valence-electron chi connectivity index (χ4n) is 3.53. The van der Waals surface area contributed by atoms with Crippen molar-refractivity contribution >= 4 is 38.2 Å². The van der Waals surface area contributed by atoms with E-state index in [1.807, 2.05) is 49.4 Å². The molecule has 2 aromatic carbocycles. The molecule has 29 heavy (non-hydrogen) atoms. The lowest BCUT2D eigenvalue weighted by Gasteiger charge is -2.21. The Hall–Kier alpha value is -3.32. The van der Waals surface area contributed by atoms with E-state index in [4.69, 9.17) is 9.47 Å². The lowest BCUT2D eigenvalue weighted by Crippen LogP contribution is -2.26. The van der Waals surface area contributed by atoms with Crippen LogP contribution in [0.25, 0.3) is 21.0 Å². The zero-order chi connectivity index (χ0) is 20.0. The molecule has 2 aromatic heterocycles. The Kier molecular flexibility index (Phi) is 4.24. The minimum Gasteiger partial charge on any atom is -0.486 e. The Labute approximate surface area is 170 Å². The van der Waals surface area contributed by atoms with Gasteiger partial charge in [-0.05, 0) is 36.8 Å². The van der Waals surface area contributed by atoms with Crippen molar-refractivity contribution in [2.24, 2.45) is 0 Å². The van der Waals surface area contributed by atoms with Gasteiger partial charge in [-0.3, -0.25) is 9.59 Å². The lowest BCUT2D eigenvalue weighted by atomic mass is 10.1. The van der Waals surface area contributed by atoms with Crippen molar-refractivity contribution in [1.82, 2.24) is 10.3 Å². The summed E-state index contributed by atoms with van der Waals surface area (Å²) < 4.78 is 12.0. The van der Waals surface area contributed by atoms with Crippen molar-refractivity contribution in [3.63, 3.8) is 0 Å². The molecule has 3 heterocycles. The molecule has 1 aliphatic rings. The molecule has 5 rings (SSSR count). The smallest absolute Gasteiger partial charge is 0.261 e. The summed E-state index contributed by atoms with van der Waals surface area (Å²) in [4.78, 5) is 28.6. The van der Waals surface area contributed by atoms with Crippen LogP contribution in [0.3, 0.4) is 0 Å². The Bertz CT molecular complexity index is 1310. The fraction of sp³-hybridized carbons (Fsp3) is 0.182. The predicted octanol–water partition coefficient (Wildman–Crippen LogP) is 4.01. The summed E-state index contributed by atoms with van der Waals surface area (Å²) in [6.07, 6.45) is 0. The van der Waals surface area contributed by atoms with E-state index in [0.29, 0.717) is 35.0 Å². The zero-order valence-electron chi connectivity index (χ0n) is 15.7. The van der Waals surface area contributed by atoms with Gasteiger partial charge in [0.05, 0.1) is 16.3 Å². The van der Waals surface area contributed by atoms with Crippen LogP contribution >= 0.6 is 11.3 Å². The van der Waals surface area contributed by atoms with E-state index < -0.39 is 0 Å². The summed E-state index contributed by atoms with van der Waals surface area (Å²) in [5.74, 6) is 1.20. The molecule has 1 amide bonds. The number of ether oxygens (including phenoxy) is 2. The van der Waals surface area contributed by atoms with E-state index >= 15 is 0 Å². The number of carbonyl (C=O) groups excluding carboxylic acids is 1. The highest BCUT2D eigenvalue weighted by Crippen LogP contribution is 2.33. The Balaban J connectivity index is 1.45. The van der Waals surface area contributed by atoms with Gasteiger partial charge in [-0.25, -0.2) is 0 Å². The van der Waals surface area contributed by atoms with Gasteiger partial charge < -0.3 is 19.8 Å². The van der Waals surface area contributed by atoms with Crippen LogP contribution in [0.2, 0.25) is 0 Å². The summed E-state index contributed by atoms with van der Waals surface area (Å²) in [5, 5.41) is 4.48. The predicted molar refractivity (Wildman–Crippen MR) is 113 cm³/mol. The number of H-pyrrole nitrogens is 1. The van der Waals surface area contributed by atoms with Gasteiger partial charge in [-0.1, -0.05) is 24.3 Å². The summed E-state index contributed by atoms with van der Waals surface area (Å²) in [6, 6.07) is 14.7. The summed E-state index contributed by atoms with van der Waals surface area (Å²) in [5.41, 5.74) is 1.50.